The van der Waals surface area contributed by atoms with E-state index in [1.807, 2.05) is 6.07 Å². The summed E-state index contributed by atoms with van der Waals surface area (Å²) in [7, 11) is 0. The summed E-state index contributed by atoms with van der Waals surface area (Å²) in [5.41, 5.74) is 1.15. The van der Waals surface area contributed by atoms with Crippen LogP contribution in [-0.4, -0.2) is 56.0 Å². The van der Waals surface area contributed by atoms with Gasteiger partial charge in [-0.25, -0.2) is 0 Å². The van der Waals surface area contributed by atoms with Crippen LogP contribution in [-0.2, 0) is 16.0 Å². The zero-order valence-corrected chi connectivity index (χ0v) is 15.5. The monoisotopic (exact) mass is 360 g/mol. The molecule has 3 heterocycles. The molecule has 0 radical (unpaired) electrons. The van der Waals surface area contributed by atoms with Crippen molar-refractivity contribution < 1.29 is 19.0 Å². The largest absolute Gasteiger partial charge is 0.454 e. The molecule has 1 N–H and O–H groups in total. The third-order valence-corrected chi connectivity index (χ3v) is 5.70. The van der Waals surface area contributed by atoms with E-state index in [4.69, 9.17) is 14.2 Å². The van der Waals surface area contributed by atoms with Crippen molar-refractivity contribution in [2.24, 2.45) is 5.92 Å². The predicted octanol–water partition coefficient (Wildman–Crippen LogP) is 1.96. The molecular weight excluding hydrogens is 332 g/mol. The molecule has 1 aromatic rings. The molecule has 2 fully saturated rings. The van der Waals surface area contributed by atoms with Crippen LogP contribution in [0.4, 0.5) is 0 Å². The number of amides is 1. The Morgan fingerprint density at radius 3 is 2.88 bits per heavy atom. The van der Waals surface area contributed by atoms with Gasteiger partial charge in [0, 0.05) is 32.6 Å². The highest BCUT2D eigenvalue weighted by Gasteiger charge is 2.37. The first kappa shape index (κ1) is 17.6. The van der Waals surface area contributed by atoms with Gasteiger partial charge in [0.1, 0.15) is 0 Å². The molecule has 4 rings (SSSR count). The van der Waals surface area contributed by atoms with E-state index in [1.165, 1.54) is 5.56 Å². The fourth-order valence-electron chi connectivity index (χ4n) is 4.20. The maximum Gasteiger partial charge on any atom is 0.231 e. The molecule has 0 aromatic heterocycles. The van der Waals surface area contributed by atoms with Gasteiger partial charge in [0.25, 0.3) is 0 Å². The van der Waals surface area contributed by atoms with Gasteiger partial charge < -0.3 is 24.4 Å². The molecule has 0 saturated carbocycles. The number of carbonyl (C=O) groups is 1. The Labute approximate surface area is 154 Å². The first-order chi connectivity index (χ1) is 12.6. The van der Waals surface area contributed by atoms with E-state index in [0.29, 0.717) is 32.3 Å². The van der Waals surface area contributed by atoms with Crippen molar-refractivity contribution >= 4 is 5.91 Å². The van der Waals surface area contributed by atoms with Crippen molar-refractivity contribution in [3.63, 3.8) is 0 Å². The first-order valence-electron chi connectivity index (χ1n) is 9.63. The van der Waals surface area contributed by atoms with Crippen LogP contribution in [0.2, 0.25) is 0 Å². The summed E-state index contributed by atoms with van der Waals surface area (Å²) in [6, 6.07) is 6.25. The molecule has 1 unspecified atom stereocenters. The molecule has 0 bridgehead atoms. The van der Waals surface area contributed by atoms with Crippen LogP contribution >= 0.6 is 0 Å². The average molecular weight is 360 g/mol. The molecule has 1 amide bonds. The second-order valence-corrected chi connectivity index (χ2v) is 7.86. The lowest BCUT2D eigenvalue weighted by Crippen LogP contribution is -2.51. The minimum absolute atomic E-state index is 0.113. The molecule has 142 valence electrons. The average Bonchev–Trinajstić information content (AvgIpc) is 3.02. The number of nitrogens with one attached hydrogen (secondary N) is 1. The fraction of sp³-hybridized carbons (Fsp3) is 0.650. The van der Waals surface area contributed by atoms with E-state index >= 15 is 0 Å². The number of hydrogen-bond acceptors (Lipinski definition) is 5. The quantitative estimate of drug-likeness (QED) is 0.890. The maximum absolute atomic E-state index is 11.5. The third-order valence-electron chi connectivity index (χ3n) is 5.70. The lowest BCUT2D eigenvalue weighted by Gasteiger charge is -2.41. The van der Waals surface area contributed by atoms with Crippen LogP contribution in [0.25, 0.3) is 0 Å². The van der Waals surface area contributed by atoms with Crippen molar-refractivity contribution in [3.8, 4) is 11.5 Å². The molecule has 6 heteroatoms. The van der Waals surface area contributed by atoms with E-state index in [1.54, 1.807) is 0 Å². The smallest absolute Gasteiger partial charge is 0.231 e. The van der Waals surface area contributed by atoms with Crippen molar-refractivity contribution in [1.29, 1.82) is 0 Å². The van der Waals surface area contributed by atoms with Crippen LogP contribution in [0.5, 0.6) is 11.5 Å². The van der Waals surface area contributed by atoms with Gasteiger partial charge in [0.15, 0.2) is 11.5 Å². The SMILES string of the molecule is CC(Cc1ccc2c(c1)OCO2)CN1CCC2(CC1)CNC(=O)CCO2. The number of fused-ring (bicyclic) bond motifs is 1. The molecule has 3 aliphatic heterocycles. The summed E-state index contributed by atoms with van der Waals surface area (Å²) in [6.45, 7) is 6.97. The Balaban J connectivity index is 1.27. The number of carbonyl (C=O) groups excluding carboxylic acids is 1. The van der Waals surface area contributed by atoms with Crippen molar-refractivity contribution in [1.82, 2.24) is 10.2 Å². The van der Waals surface area contributed by atoms with Gasteiger partial charge in [0.2, 0.25) is 12.7 Å². The summed E-state index contributed by atoms with van der Waals surface area (Å²) in [6.07, 6.45) is 3.50. The van der Waals surface area contributed by atoms with Gasteiger partial charge in [0.05, 0.1) is 12.2 Å². The number of ether oxygens (including phenoxy) is 3. The summed E-state index contributed by atoms with van der Waals surface area (Å²) in [5.74, 6) is 2.39. The molecule has 26 heavy (non-hydrogen) atoms. The number of benzene rings is 1. The Bertz CT molecular complexity index is 655. The van der Waals surface area contributed by atoms with Crippen molar-refractivity contribution in [2.75, 3.05) is 39.6 Å². The van der Waals surface area contributed by atoms with E-state index in [9.17, 15) is 4.79 Å². The topological polar surface area (TPSA) is 60.0 Å². The predicted molar refractivity (Wildman–Crippen MR) is 97.4 cm³/mol. The molecule has 1 atom stereocenters. The number of piperidine rings is 1. The molecular formula is C20H28N2O4. The highest BCUT2D eigenvalue weighted by molar-refractivity contribution is 5.76. The van der Waals surface area contributed by atoms with Gasteiger partial charge in [-0.3, -0.25) is 4.79 Å². The minimum Gasteiger partial charge on any atom is -0.454 e. The highest BCUT2D eigenvalue weighted by atomic mass is 16.7. The van der Waals surface area contributed by atoms with Gasteiger partial charge in [-0.1, -0.05) is 13.0 Å². The highest BCUT2D eigenvalue weighted by Crippen LogP contribution is 2.33. The Kier molecular flexibility index (Phi) is 5.05. The Morgan fingerprint density at radius 1 is 1.23 bits per heavy atom. The van der Waals surface area contributed by atoms with Gasteiger partial charge in [-0.05, 0) is 42.9 Å². The summed E-state index contributed by atoms with van der Waals surface area (Å²) < 4.78 is 16.9. The minimum atomic E-state index is -0.150. The standard InChI is InChI=1S/C20H28N2O4/c1-15(10-16-2-3-17-18(11-16)25-14-24-17)12-22-7-5-20(6-8-22)13-21-19(23)4-9-26-20/h2-3,11,15H,4-10,12-14H2,1H3,(H,21,23). The summed E-state index contributed by atoms with van der Waals surface area (Å²) in [5, 5.41) is 3.01. The molecule has 6 nitrogen and oxygen atoms in total. The lowest BCUT2D eigenvalue weighted by molar-refractivity contribution is -0.120. The first-order valence-corrected chi connectivity index (χ1v) is 9.63. The Hall–Kier alpha value is -1.79. The van der Waals surface area contributed by atoms with Crippen LogP contribution in [0.3, 0.4) is 0 Å². The van der Waals surface area contributed by atoms with Crippen LogP contribution < -0.4 is 14.8 Å². The second-order valence-electron chi connectivity index (χ2n) is 7.86. The summed E-state index contributed by atoms with van der Waals surface area (Å²) >= 11 is 0. The normalized spacial score (nSPS) is 23.5. The molecule has 3 aliphatic rings. The summed E-state index contributed by atoms with van der Waals surface area (Å²) in [4.78, 5) is 14.1. The van der Waals surface area contributed by atoms with E-state index < -0.39 is 0 Å². The molecule has 1 aromatic carbocycles. The molecule has 0 aliphatic carbocycles. The zero-order valence-electron chi connectivity index (χ0n) is 15.5. The van der Waals surface area contributed by atoms with Gasteiger partial charge in [-0.15, -0.1) is 0 Å². The van der Waals surface area contributed by atoms with E-state index in [0.717, 1.165) is 50.4 Å². The van der Waals surface area contributed by atoms with Crippen LogP contribution in [0.15, 0.2) is 18.2 Å². The fourth-order valence-corrected chi connectivity index (χ4v) is 4.20. The van der Waals surface area contributed by atoms with Crippen molar-refractivity contribution in [3.05, 3.63) is 23.8 Å². The number of hydrogen-bond donors (Lipinski definition) is 1. The van der Waals surface area contributed by atoms with E-state index in [2.05, 4.69) is 29.3 Å². The molecule has 1 spiro atoms. The Morgan fingerprint density at radius 2 is 2.04 bits per heavy atom. The number of likely N-dealkylation sites (tertiary alicyclic amines) is 1. The van der Waals surface area contributed by atoms with Crippen LogP contribution in [0.1, 0.15) is 31.7 Å². The van der Waals surface area contributed by atoms with Gasteiger partial charge >= 0.3 is 0 Å². The molecule has 2 saturated heterocycles. The van der Waals surface area contributed by atoms with Crippen LogP contribution in [0, 0.1) is 5.92 Å². The zero-order chi connectivity index (χ0) is 18.0. The lowest BCUT2D eigenvalue weighted by atomic mass is 9.90. The third kappa shape index (κ3) is 3.96. The second kappa shape index (κ2) is 7.45. The number of nitrogens with zero attached hydrogens (tertiary/aromatic N) is 1. The van der Waals surface area contributed by atoms with Crippen molar-refractivity contribution in [2.45, 2.75) is 38.2 Å². The number of rotatable bonds is 4. The van der Waals surface area contributed by atoms with E-state index in [-0.39, 0.29) is 11.5 Å². The van der Waals surface area contributed by atoms with Gasteiger partial charge in [-0.2, -0.15) is 0 Å². The maximum atomic E-state index is 11.5.